The Morgan fingerprint density at radius 1 is 1.35 bits per heavy atom. The molecule has 0 aliphatic carbocycles. The molecule has 0 radical (unpaired) electrons. The minimum absolute atomic E-state index is 0.439. The number of piperidine rings is 1. The number of nitrogens with one attached hydrogen (secondary N) is 1. The highest BCUT2D eigenvalue weighted by Gasteiger charge is 2.20. The molecule has 1 aliphatic rings. The van der Waals surface area contributed by atoms with E-state index in [1.807, 2.05) is 17.4 Å². The summed E-state index contributed by atoms with van der Waals surface area (Å²) < 4.78 is 1.21. The van der Waals surface area contributed by atoms with Crippen LogP contribution in [0, 0.1) is 0 Å². The van der Waals surface area contributed by atoms with Gasteiger partial charge in [-0.05, 0) is 53.5 Å². The molecule has 6 heteroatoms. The Labute approximate surface area is 131 Å². The average Bonchev–Trinajstić information content (AvgIpc) is 2.86. The van der Waals surface area contributed by atoms with E-state index in [1.165, 1.54) is 28.0 Å². The molecule has 1 aliphatic heterocycles. The predicted molar refractivity (Wildman–Crippen MR) is 86.0 cm³/mol. The zero-order valence-corrected chi connectivity index (χ0v) is 13.5. The zero-order chi connectivity index (χ0) is 13.8. The summed E-state index contributed by atoms with van der Waals surface area (Å²) in [5.74, 6) is 0.734. The van der Waals surface area contributed by atoms with Gasteiger partial charge in [0.25, 0.3) is 0 Å². The first-order chi connectivity index (χ1) is 9.79. The summed E-state index contributed by atoms with van der Waals surface area (Å²) in [7, 11) is 0. The summed E-state index contributed by atoms with van der Waals surface area (Å²) in [5.41, 5.74) is 0. The molecule has 1 saturated heterocycles. The first-order valence-corrected chi connectivity index (χ1v) is 8.41. The van der Waals surface area contributed by atoms with Crippen molar-refractivity contribution < 1.29 is 0 Å². The van der Waals surface area contributed by atoms with E-state index >= 15 is 0 Å². The molecular formula is C14H17BrN4S. The van der Waals surface area contributed by atoms with Gasteiger partial charge < -0.3 is 5.32 Å². The highest BCUT2D eigenvalue weighted by Crippen LogP contribution is 2.24. The highest BCUT2D eigenvalue weighted by molar-refractivity contribution is 9.11. The maximum atomic E-state index is 4.24. The van der Waals surface area contributed by atoms with E-state index in [4.69, 9.17) is 0 Å². The van der Waals surface area contributed by atoms with E-state index in [-0.39, 0.29) is 0 Å². The van der Waals surface area contributed by atoms with Crippen molar-refractivity contribution in [2.45, 2.75) is 25.4 Å². The first kappa shape index (κ1) is 14.0. The van der Waals surface area contributed by atoms with Crippen LogP contribution in [0.2, 0.25) is 0 Å². The van der Waals surface area contributed by atoms with Gasteiger partial charge in [0, 0.05) is 36.4 Å². The van der Waals surface area contributed by atoms with Crippen LogP contribution in [-0.2, 0) is 6.54 Å². The maximum absolute atomic E-state index is 4.24. The van der Waals surface area contributed by atoms with Gasteiger partial charge in [0.1, 0.15) is 0 Å². The van der Waals surface area contributed by atoms with Crippen LogP contribution < -0.4 is 5.32 Å². The van der Waals surface area contributed by atoms with Gasteiger partial charge >= 0.3 is 0 Å². The van der Waals surface area contributed by atoms with Crippen LogP contribution >= 0.6 is 27.3 Å². The van der Waals surface area contributed by atoms with Crippen LogP contribution in [0.15, 0.2) is 34.4 Å². The van der Waals surface area contributed by atoms with Gasteiger partial charge in [0.15, 0.2) is 0 Å². The Bertz CT molecular complexity index is 545. The molecule has 0 bridgehead atoms. The Hall–Kier alpha value is -0.980. The van der Waals surface area contributed by atoms with Crippen LogP contribution in [0.5, 0.6) is 0 Å². The molecule has 1 atom stereocenters. The van der Waals surface area contributed by atoms with Gasteiger partial charge in [0.05, 0.1) is 3.79 Å². The first-order valence-electron chi connectivity index (χ1n) is 6.80. The molecule has 2 aromatic rings. The maximum Gasteiger partial charge on any atom is 0.222 e. The Balaban J connectivity index is 1.56. The third-order valence-electron chi connectivity index (χ3n) is 3.41. The fourth-order valence-electron chi connectivity index (χ4n) is 2.53. The summed E-state index contributed by atoms with van der Waals surface area (Å²) in [6.45, 7) is 3.25. The number of halogens is 1. The van der Waals surface area contributed by atoms with Crippen LogP contribution in [-0.4, -0.2) is 34.0 Å². The van der Waals surface area contributed by atoms with E-state index in [2.05, 4.69) is 48.2 Å². The lowest BCUT2D eigenvalue weighted by atomic mass is 10.1. The van der Waals surface area contributed by atoms with Crippen molar-refractivity contribution in [2.24, 2.45) is 0 Å². The Morgan fingerprint density at radius 2 is 2.20 bits per heavy atom. The van der Waals surface area contributed by atoms with Crippen LogP contribution in [0.25, 0.3) is 0 Å². The second-order valence-corrected chi connectivity index (χ2v) is 7.54. The normalized spacial score (nSPS) is 19.9. The van der Waals surface area contributed by atoms with Crippen molar-refractivity contribution in [3.05, 3.63) is 39.3 Å². The third-order valence-corrected chi connectivity index (χ3v) is 5.02. The summed E-state index contributed by atoms with van der Waals surface area (Å²) in [4.78, 5) is 12.4. The molecule has 1 N–H and O–H groups in total. The molecule has 1 fully saturated rings. The van der Waals surface area contributed by atoms with Gasteiger partial charge in [-0.3, -0.25) is 4.90 Å². The van der Waals surface area contributed by atoms with Gasteiger partial charge in [-0.25, -0.2) is 9.97 Å². The van der Waals surface area contributed by atoms with Gasteiger partial charge in [-0.1, -0.05) is 0 Å². The Morgan fingerprint density at radius 3 is 2.95 bits per heavy atom. The highest BCUT2D eigenvalue weighted by atomic mass is 79.9. The Kier molecular flexibility index (Phi) is 4.65. The second-order valence-electron chi connectivity index (χ2n) is 5.00. The molecule has 1 unspecified atom stereocenters. The fourth-order valence-corrected chi connectivity index (χ4v) is 4.06. The minimum Gasteiger partial charge on any atom is -0.350 e. The molecule has 3 heterocycles. The van der Waals surface area contributed by atoms with Crippen molar-refractivity contribution in [2.75, 3.05) is 18.4 Å². The van der Waals surface area contributed by atoms with E-state index in [9.17, 15) is 0 Å². The van der Waals surface area contributed by atoms with E-state index in [0.29, 0.717) is 6.04 Å². The van der Waals surface area contributed by atoms with Crippen molar-refractivity contribution >= 4 is 33.2 Å². The lowest BCUT2D eigenvalue weighted by Gasteiger charge is -2.32. The average molecular weight is 353 g/mol. The topological polar surface area (TPSA) is 41.0 Å². The number of likely N-dealkylation sites (tertiary alicyclic amines) is 1. The van der Waals surface area contributed by atoms with Crippen molar-refractivity contribution in [3.63, 3.8) is 0 Å². The monoisotopic (exact) mass is 352 g/mol. The molecule has 0 saturated carbocycles. The lowest BCUT2D eigenvalue weighted by Crippen LogP contribution is -2.41. The molecule has 0 spiro atoms. The van der Waals surface area contributed by atoms with Gasteiger partial charge in [-0.2, -0.15) is 0 Å². The van der Waals surface area contributed by atoms with Crippen LogP contribution in [0.3, 0.4) is 0 Å². The van der Waals surface area contributed by atoms with E-state index in [0.717, 1.165) is 19.0 Å². The van der Waals surface area contributed by atoms with Crippen LogP contribution in [0.1, 0.15) is 17.7 Å². The SMILES string of the molecule is Brc1ccc(CN2CCCC(Nc3ncccn3)C2)s1. The molecular weight excluding hydrogens is 336 g/mol. The standard InChI is InChI=1S/C14H17BrN4S/c15-13-5-4-12(20-13)10-19-8-1-3-11(9-19)18-14-16-6-2-7-17-14/h2,4-7,11H,1,3,8-10H2,(H,16,17,18). The predicted octanol–water partition coefficient (Wildman–Crippen LogP) is 3.38. The largest absolute Gasteiger partial charge is 0.350 e. The summed E-state index contributed by atoms with van der Waals surface area (Å²) in [5, 5.41) is 3.43. The van der Waals surface area contributed by atoms with E-state index < -0.39 is 0 Å². The molecule has 0 amide bonds. The van der Waals surface area contributed by atoms with Crippen molar-refractivity contribution in [3.8, 4) is 0 Å². The molecule has 0 aromatic carbocycles. The number of nitrogens with zero attached hydrogens (tertiary/aromatic N) is 3. The fraction of sp³-hybridized carbons (Fsp3) is 0.429. The zero-order valence-electron chi connectivity index (χ0n) is 11.1. The minimum atomic E-state index is 0.439. The number of anilines is 1. The van der Waals surface area contributed by atoms with Gasteiger partial charge in [-0.15, -0.1) is 11.3 Å². The molecule has 2 aromatic heterocycles. The third kappa shape index (κ3) is 3.77. The smallest absolute Gasteiger partial charge is 0.222 e. The van der Waals surface area contributed by atoms with E-state index in [1.54, 1.807) is 12.4 Å². The van der Waals surface area contributed by atoms with Crippen molar-refractivity contribution in [1.82, 2.24) is 14.9 Å². The van der Waals surface area contributed by atoms with Crippen molar-refractivity contribution in [1.29, 1.82) is 0 Å². The summed E-state index contributed by atoms with van der Waals surface area (Å²) >= 11 is 5.34. The number of hydrogen-bond acceptors (Lipinski definition) is 5. The lowest BCUT2D eigenvalue weighted by molar-refractivity contribution is 0.210. The summed E-state index contributed by atoms with van der Waals surface area (Å²) in [6, 6.07) is 6.60. The molecule has 3 rings (SSSR count). The molecule has 106 valence electrons. The number of thiophene rings is 1. The summed E-state index contributed by atoms with van der Waals surface area (Å²) in [6.07, 6.45) is 5.96. The number of hydrogen-bond donors (Lipinski definition) is 1. The number of rotatable bonds is 4. The second kappa shape index (κ2) is 6.65. The molecule has 20 heavy (non-hydrogen) atoms. The molecule has 4 nitrogen and oxygen atoms in total. The number of aromatic nitrogens is 2. The quantitative estimate of drug-likeness (QED) is 0.915. The van der Waals surface area contributed by atoms with Crippen LogP contribution in [0.4, 0.5) is 5.95 Å². The van der Waals surface area contributed by atoms with Gasteiger partial charge in [0.2, 0.25) is 5.95 Å².